The summed E-state index contributed by atoms with van der Waals surface area (Å²) in [6, 6.07) is 23.9. The Morgan fingerprint density at radius 1 is 0.870 bits per heavy atom. The van der Waals surface area contributed by atoms with Crippen LogP contribution in [-0.2, 0) is 27.8 Å². The number of nitrogens with zero attached hydrogens (tertiary/aromatic N) is 2. The molecule has 46 heavy (non-hydrogen) atoms. The van der Waals surface area contributed by atoms with Gasteiger partial charge in [-0.05, 0) is 71.5 Å². The highest BCUT2D eigenvalue weighted by Gasteiger charge is 2.41. The van der Waals surface area contributed by atoms with Crippen LogP contribution in [0.1, 0.15) is 36.1 Å². The number of likely N-dealkylation sites (tertiary alicyclic amines) is 1. The fourth-order valence-corrected chi connectivity index (χ4v) is 7.28. The third-order valence-corrected chi connectivity index (χ3v) is 9.72. The lowest BCUT2D eigenvalue weighted by molar-refractivity contribution is -0.275. The van der Waals surface area contributed by atoms with Gasteiger partial charge < -0.3 is 19.1 Å². The minimum atomic E-state index is -4.91. The Kier molecular flexibility index (Phi) is 8.65. The number of benzene rings is 3. The number of hydrogen-bond donors (Lipinski definition) is 0. The number of halogens is 3. The van der Waals surface area contributed by atoms with Crippen molar-refractivity contribution in [3.63, 3.8) is 0 Å². The molecule has 12 heteroatoms. The third-order valence-electron chi connectivity index (χ3n) is 8.21. The molecule has 6 rings (SSSR count). The number of pyridine rings is 1. The summed E-state index contributed by atoms with van der Waals surface area (Å²) < 4.78 is 79.3. The van der Waals surface area contributed by atoms with Crippen LogP contribution in [-0.4, -0.2) is 49.4 Å². The third kappa shape index (κ3) is 7.61. The van der Waals surface area contributed by atoms with Gasteiger partial charge in [0.15, 0.2) is 21.3 Å². The number of carbonyl (C=O) groups is 1. The number of para-hydroxylation sites is 2. The van der Waals surface area contributed by atoms with Crippen molar-refractivity contribution in [1.82, 2.24) is 9.88 Å². The molecule has 2 aliphatic heterocycles. The maximum Gasteiger partial charge on any atom is 0.573 e. The number of rotatable bonds is 7. The van der Waals surface area contributed by atoms with Gasteiger partial charge in [0, 0.05) is 32.1 Å². The highest BCUT2D eigenvalue weighted by molar-refractivity contribution is 7.89. The van der Waals surface area contributed by atoms with E-state index in [0.717, 1.165) is 41.3 Å². The molecule has 1 aromatic heterocycles. The fraction of sp³-hybridized carbons (Fsp3) is 0.294. The lowest BCUT2D eigenvalue weighted by Crippen LogP contribution is -2.51. The van der Waals surface area contributed by atoms with Crippen LogP contribution >= 0.6 is 0 Å². The number of piperidine rings is 1. The summed E-state index contributed by atoms with van der Waals surface area (Å²) in [6.07, 6.45) is -1.44. The molecule has 1 amide bonds. The van der Waals surface area contributed by atoms with Crippen molar-refractivity contribution in [2.24, 2.45) is 0 Å². The van der Waals surface area contributed by atoms with Crippen molar-refractivity contribution < 1.29 is 40.6 Å². The van der Waals surface area contributed by atoms with Crippen molar-refractivity contribution in [2.45, 2.75) is 49.2 Å². The lowest BCUT2D eigenvalue weighted by Gasteiger charge is -2.44. The largest absolute Gasteiger partial charge is 0.573 e. The average molecular weight is 653 g/mol. The molecule has 0 bridgehead atoms. The molecule has 0 radical (unpaired) electrons. The molecule has 1 fully saturated rings. The van der Waals surface area contributed by atoms with E-state index in [1.54, 1.807) is 24.4 Å². The summed E-state index contributed by atoms with van der Waals surface area (Å²) in [5, 5.41) is 0. The number of hydrogen-bond acceptors (Lipinski definition) is 7. The number of sulfone groups is 1. The molecule has 0 N–H and O–H groups in total. The summed E-state index contributed by atoms with van der Waals surface area (Å²) >= 11 is 0. The molecule has 0 aliphatic carbocycles. The molecule has 0 atom stereocenters. The Morgan fingerprint density at radius 2 is 1.57 bits per heavy atom. The molecular weight excluding hydrogens is 621 g/mol. The zero-order chi connectivity index (χ0) is 32.4. The number of alkyl halides is 3. The summed E-state index contributed by atoms with van der Waals surface area (Å²) in [7, 11) is -3.37. The predicted molar refractivity (Wildman–Crippen MR) is 164 cm³/mol. The van der Waals surface area contributed by atoms with Crippen LogP contribution in [0.3, 0.4) is 0 Å². The van der Waals surface area contributed by atoms with Gasteiger partial charge in [-0.25, -0.2) is 13.2 Å². The summed E-state index contributed by atoms with van der Waals surface area (Å²) in [4.78, 5) is 18.4. The van der Waals surface area contributed by atoms with Gasteiger partial charge in [0.05, 0.1) is 17.2 Å². The number of aromatic nitrogens is 1. The van der Waals surface area contributed by atoms with Crippen LogP contribution in [0, 0.1) is 0 Å². The highest BCUT2D eigenvalue weighted by Crippen LogP contribution is 2.41. The molecule has 2 aliphatic rings. The monoisotopic (exact) mass is 652 g/mol. The van der Waals surface area contributed by atoms with Gasteiger partial charge in [0.2, 0.25) is 0 Å². The standard InChI is InChI=1S/C34H31F3N2O6S/c35-34(36,37)45-31-7-2-1-6-30(31)43-32(40)39-19-16-33(17-20-39)15-14-27-21-26(12-13-29(27)44-33)25-10-8-24(9-11-25)22-46(41,42)23-28-5-3-4-18-38-28/h1-13,18,21H,14-17,19-20,22-23H2. The topological polar surface area (TPSA) is 95.0 Å². The van der Waals surface area contributed by atoms with Gasteiger partial charge in [0.25, 0.3) is 0 Å². The van der Waals surface area contributed by atoms with Crippen LogP contribution in [0.15, 0.2) is 91.1 Å². The van der Waals surface area contributed by atoms with Crippen LogP contribution in [0.5, 0.6) is 17.2 Å². The van der Waals surface area contributed by atoms with Gasteiger partial charge in [-0.2, -0.15) is 0 Å². The summed E-state index contributed by atoms with van der Waals surface area (Å²) in [5.74, 6) is -0.285. The van der Waals surface area contributed by atoms with Crippen molar-refractivity contribution in [2.75, 3.05) is 13.1 Å². The number of aryl methyl sites for hydroxylation is 1. The molecule has 0 unspecified atom stereocenters. The Labute approximate surface area is 264 Å². The van der Waals surface area contributed by atoms with Crippen molar-refractivity contribution >= 4 is 15.9 Å². The second-order valence-electron chi connectivity index (χ2n) is 11.5. The second kappa shape index (κ2) is 12.7. The van der Waals surface area contributed by atoms with E-state index in [-0.39, 0.29) is 17.3 Å². The zero-order valence-electron chi connectivity index (χ0n) is 24.7. The molecular formula is C34H31F3N2O6S. The van der Waals surface area contributed by atoms with E-state index >= 15 is 0 Å². The molecule has 8 nitrogen and oxygen atoms in total. The van der Waals surface area contributed by atoms with Crippen LogP contribution in [0.25, 0.3) is 11.1 Å². The first-order valence-corrected chi connectivity index (χ1v) is 16.6. The molecule has 1 saturated heterocycles. The van der Waals surface area contributed by atoms with E-state index in [9.17, 15) is 26.4 Å². The first-order chi connectivity index (χ1) is 22.0. The minimum Gasteiger partial charge on any atom is -0.487 e. The van der Waals surface area contributed by atoms with Crippen molar-refractivity contribution in [3.8, 4) is 28.4 Å². The average Bonchev–Trinajstić information content (AvgIpc) is 3.02. The van der Waals surface area contributed by atoms with Crippen molar-refractivity contribution in [3.05, 3.63) is 108 Å². The Morgan fingerprint density at radius 3 is 2.26 bits per heavy atom. The second-order valence-corrected chi connectivity index (χ2v) is 13.6. The molecule has 3 heterocycles. The smallest absolute Gasteiger partial charge is 0.487 e. The quantitative estimate of drug-likeness (QED) is 0.210. The van der Waals surface area contributed by atoms with Gasteiger partial charge in [-0.15, -0.1) is 13.2 Å². The molecule has 0 saturated carbocycles. The van der Waals surface area contributed by atoms with Crippen LogP contribution < -0.4 is 14.2 Å². The number of amides is 1. The molecule has 4 aromatic rings. The maximum atomic E-state index is 12.8. The first-order valence-electron chi connectivity index (χ1n) is 14.8. The SMILES string of the molecule is O=C(Oc1ccccc1OC(F)(F)F)N1CCC2(CCc3cc(-c4ccc(CS(=O)(=O)Cc5ccccn5)cc4)ccc3O2)CC1. The van der Waals surface area contributed by atoms with Gasteiger partial charge in [-0.1, -0.05) is 48.5 Å². The zero-order valence-corrected chi connectivity index (χ0v) is 25.5. The van der Waals surface area contributed by atoms with E-state index in [2.05, 4.69) is 15.8 Å². The van der Waals surface area contributed by atoms with E-state index in [1.807, 2.05) is 36.4 Å². The van der Waals surface area contributed by atoms with E-state index in [1.165, 1.54) is 23.1 Å². The lowest BCUT2D eigenvalue weighted by atomic mass is 9.82. The Hall–Kier alpha value is -4.58. The summed E-state index contributed by atoms with van der Waals surface area (Å²) in [5.41, 5.74) is 3.79. The van der Waals surface area contributed by atoms with Gasteiger partial charge >= 0.3 is 12.5 Å². The van der Waals surface area contributed by atoms with E-state index in [0.29, 0.717) is 37.2 Å². The maximum absolute atomic E-state index is 12.8. The predicted octanol–water partition coefficient (Wildman–Crippen LogP) is 7.12. The van der Waals surface area contributed by atoms with E-state index in [4.69, 9.17) is 9.47 Å². The number of ether oxygens (including phenoxy) is 3. The van der Waals surface area contributed by atoms with Crippen molar-refractivity contribution in [1.29, 1.82) is 0 Å². The van der Waals surface area contributed by atoms with Crippen LogP contribution in [0.4, 0.5) is 18.0 Å². The highest BCUT2D eigenvalue weighted by atomic mass is 32.2. The van der Waals surface area contributed by atoms with Gasteiger partial charge in [0.1, 0.15) is 11.4 Å². The molecule has 240 valence electrons. The van der Waals surface area contributed by atoms with E-state index < -0.39 is 33.6 Å². The summed E-state index contributed by atoms with van der Waals surface area (Å²) in [6.45, 7) is 0.664. The fourth-order valence-electron chi connectivity index (χ4n) is 5.86. The Balaban J connectivity index is 1.05. The molecule has 3 aromatic carbocycles. The molecule has 1 spiro atoms. The minimum absolute atomic E-state index is 0.0706. The Bertz CT molecular complexity index is 1810. The van der Waals surface area contributed by atoms with Gasteiger partial charge in [-0.3, -0.25) is 4.98 Å². The normalized spacial score (nSPS) is 15.9. The number of fused-ring (bicyclic) bond motifs is 1. The van der Waals surface area contributed by atoms with Crippen LogP contribution in [0.2, 0.25) is 0 Å². The number of carbonyl (C=O) groups excluding carboxylic acids is 1. The first kappa shape index (κ1) is 31.4.